The molecule has 0 saturated carbocycles. The van der Waals surface area contributed by atoms with E-state index in [1.165, 1.54) is 5.56 Å². The summed E-state index contributed by atoms with van der Waals surface area (Å²) in [5.74, 6) is 2.47. The topological polar surface area (TPSA) is 114 Å². The SMILES string of the molecule is CNC[C@@H](O)COc1ccc(Cl)c(-c2nc(-c3c(C)noc3C)cc(N3Cc4cnn(C)c4C3)n2)c1. The lowest BCUT2D eigenvalue weighted by Crippen LogP contribution is -2.29. The van der Waals surface area contributed by atoms with Gasteiger partial charge in [-0.25, -0.2) is 9.97 Å². The third kappa shape index (κ3) is 4.67. The monoisotopic (exact) mass is 509 g/mol. The molecule has 2 N–H and O–H groups in total. The molecular weight excluding hydrogens is 482 g/mol. The number of aliphatic hydroxyl groups excluding tert-OH is 1. The Kier molecular flexibility index (Phi) is 6.65. The molecule has 188 valence electrons. The van der Waals surface area contributed by atoms with Crippen molar-refractivity contribution in [3.05, 3.63) is 58.2 Å². The number of aromatic nitrogens is 5. The Bertz CT molecular complexity index is 1380. The summed E-state index contributed by atoms with van der Waals surface area (Å²) in [5, 5.41) is 21.9. The van der Waals surface area contributed by atoms with Crippen LogP contribution in [0, 0.1) is 13.8 Å². The average Bonchev–Trinajstić information content (AvgIpc) is 3.54. The number of hydrogen-bond acceptors (Lipinski definition) is 9. The van der Waals surface area contributed by atoms with Gasteiger partial charge >= 0.3 is 0 Å². The summed E-state index contributed by atoms with van der Waals surface area (Å²) in [5.41, 5.74) is 5.24. The van der Waals surface area contributed by atoms with Crippen LogP contribution in [0.1, 0.15) is 22.7 Å². The number of halogens is 1. The zero-order valence-corrected chi connectivity index (χ0v) is 21.4. The third-order valence-corrected chi connectivity index (χ3v) is 6.57. The Morgan fingerprint density at radius 1 is 1.22 bits per heavy atom. The minimum Gasteiger partial charge on any atom is -0.491 e. The number of rotatable bonds is 8. The first kappa shape index (κ1) is 24.2. The average molecular weight is 510 g/mol. The van der Waals surface area contributed by atoms with Crippen LogP contribution in [0.3, 0.4) is 0 Å². The van der Waals surface area contributed by atoms with Crippen molar-refractivity contribution in [1.29, 1.82) is 0 Å². The van der Waals surface area contributed by atoms with Crippen LogP contribution >= 0.6 is 11.6 Å². The molecule has 1 aliphatic rings. The van der Waals surface area contributed by atoms with Crippen LogP contribution in [0.15, 0.2) is 35.0 Å². The van der Waals surface area contributed by atoms with E-state index in [0.29, 0.717) is 53.2 Å². The summed E-state index contributed by atoms with van der Waals surface area (Å²) in [4.78, 5) is 12.0. The van der Waals surface area contributed by atoms with Crippen LogP contribution in [0.2, 0.25) is 5.02 Å². The predicted octanol–water partition coefficient (Wildman–Crippen LogP) is 3.28. The molecule has 0 fully saturated rings. The van der Waals surface area contributed by atoms with E-state index in [9.17, 15) is 5.11 Å². The van der Waals surface area contributed by atoms with Crippen LogP contribution in [0.5, 0.6) is 5.75 Å². The van der Waals surface area contributed by atoms with Gasteiger partial charge in [-0.2, -0.15) is 5.10 Å². The molecule has 11 heteroatoms. The maximum atomic E-state index is 10.0. The summed E-state index contributed by atoms with van der Waals surface area (Å²) in [7, 11) is 3.72. The van der Waals surface area contributed by atoms with Crippen LogP contribution < -0.4 is 15.0 Å². The molecule has 0 spiro atoms. The fourth-order valence-corrected chi connectivity index (χ4v) is 4.60. The van der Waals surface area contributed by atoms with E-state index in [-0.39, 0.29) is 6.61 Å². The molecule has 3 aromatic heterocycles. The van der Waals surface area contributed by atoms with E-state index in [0.717, 1.165) is 22.8 Å². The lowest BCUT2D eigenvalue weighted by atomic mass is 10.1. The largest absolute Gasteiger partial charge is 0.491 e. The van der Waals surface area contributed by atoms with Crippen molar-refractivity contribution in [3.8, 4) is 28.4 Å². The molecule has 0 unspecified atom stereocenters. The van der Waals surface area contributed by atoms with Gasteiger partial charge in [0, 0.05) is 37.3 Å². The third-order valence-electron chi connectivity index (χ3n) is 6.24. The summed E-state index contributed by atoms with van der Waals surface area (Å²) in [6.45, 7) is 5.71. The van der Waals surface area contributed by atoms with Crippen LogP contribution in [0.25, 0.3) is 22.6 Å². The molecule has 4 heterocycles. The Hall–Kier alpha value is -3.47. The Labute approximate surface area is 213 Å². The maximum Gasteiger partial charge on any atom is 0.163 e. The summed E-state index contributed by atoms with van der Waals surface area (Å²) in [6, 6.07) is 7.27. The fraction of sp³-hybridized carbons (Fsp3) is 0.360. The van der Waals surface area contributed by atoms with E-state index in [1.54, 1.807) is 25.2 Å². The quantitative estimate of drug-likeness (QED) is 0.369. The molecule has 0 saturated heterocycles. The second kappa shape index (κ2) is 9.88. The second-order valence-electron chi connectivity index (χ2n) is 8.89. The fourth-order valence-electron chi connectivity index (χ4n) is 4.39. The predicted molar refractivity (Wildman–Crippen MR) is 136 cm³/mol. The van der Waals surface area contributed by atoms with Gasteiger partial charge in [0.15, 0.2) is 5.82 Å². The number of ether oxygens (including phenoxy) is 1. The van der Waals surface area contributed by atoms with Crippen molar-refractivity contribution in [1.82, 2.24) is 30.2 Å². The number of benzene rings is 1. The number of aliphatic hydroxyl groups is 1. The number of fused-ring (bicyclic) bond motifs is 1. The smallest absolute Gasteiger partial charge is 0.163 e. The van der Waals surface area contributed by atoms with Gasteiger partial charge in [-0.3, -0.25) is 4.68 Å². The molecule has 1 aliphatic heterocycles. The first-order valence-corrected chi connectivity index (χ1v) is 12.0. The van der Waals surface area contributed by atoms with Gasteiger partial charge in [0.05, 0.1) is 40.4 Å². The van der Waals surface area contributed by atoms with Crippen molar-refractivity contribution in [2.45, 2.75) is 33.0 Å². The van der Waals surface area contributed by atoms with Gasteiger partial charge in [0.1, 0.15) is 30.0 Å². The van der Waals surface area contributed by atoms with E-state index < -0.39 is 6.10 Å². The summed E-state index contributed by atoms with van der Waals surface area (Å²) < 4.78 is 13.1. The van der Waals surface area contributed by atoms with Gasteiger partial charge in [0.2, 0.25) is 0 Å². The minimum absolute atomic E-state index is 0.146. The summed E-state index contributed by atoms with van der Waals surface area (Å²) >= 11 is 6.62. The number of aryl methyl sites for hydroxylation is 3. The Morgan fingerprint density at radius 2 is 2.06 bits per heavy atom. The molecule has 1 aromatic carbocycles. The van der Waals surface area contributed by atoms with Gasteiger partial charge in [0.25, 0.3) is 0 Å². The number of nitrogens with zero attached hydrogens (tertiary/aromatic N) is 6. The standard InChI is InChI=1S/C25H28ClN7O3/c1-14-24(15(2)36-31-14)21-8-23(33-11-16-9-28-32(4)22(16)12-33)30-25(29-21)19-7-18(5-6-20(19)26)35-13-17(34)10-27-3/h5-9,17,27,34H,10-13H2,1-4H3/t17-/m1/s1. The zero-order valence-electron chi connectivity index (χ0n) is 20.6. The van der Waals surface area contributed by atoms with Crippen molar-refractivity contribution in [2.24, 2.45) is 7.05 Å². The van der Waals surface area contributed by atoms with E-state index >= 15 is 0 Å². The van der Waals surface area contributed by atoms with Crippen LogP contribution in [0.4, 0.5) is 5.82 Å². The Morgan fingerprint density at radius 3 is 2.78 bits per heavy atom. The van der Waals surface area contributed by atoms with Gasteiger partial charge in [-0.15, -0.1) is 0 Å². The number of nitrogens with one attached hydrogen (secondary N) is 1. The number of likely N-dealkylation sites (N-methyl/N-ethyl adjacent to an activating group) is 1. The number of hydrogen-bond donors (Lipinski definition) is 2. The highest BCUT2D eigenvalue weighted by atomic mass is 35.5. The highest BCUT2D eigenvalue weighted by Gasteiger charge is 2.26. The number of anilines is 1. The molecular formula is C25H28ClN7O3. The highest BCUT2D eigenvalue weighted by molar-refractivity contribution is 6.33. The molecule has 4 aromatic rings. The second-order valence-corrected chi connectivity index (χ2v) is 9.30. The lowest BCUT2D eigenvalue weighted by molar-refractivity contribution is 0.108. The van der Waals surface area contributed by atoms with Gasteiger partial charge in [-0.05, 0) is 39.1 Å². The van der Waals surface area contributed by atoms with Crippen LogP contribution in [-0.2, 0) is 20.1 Å². The molecule has 0 radical (unpaired) electrons. The molecule has 36 heavy (non-hydrogen) atoms. The molecule has 5 rings (SSSR count). The van der Waals surface area contributed by atoms with Crippen molar-refractivity contribution < 1.29 is 14.4 Å². The highest BCUT2D eigenvalue weighted by Crippen LogP contribution is 2.36. The maximum absolute atomic E-state index is 10.0. The first-order valence-electron chi connectivity index (χ1n) is 11.7. The zero-order chi connectivity index (χ0) is 25.4. The molecule has 10 nitrogen and oxygen atoms in total. The minimum atomic E-state index is -0.633. The Balaban J connectivity index is 1.55. The molecule has 1 atom stereocenters. The van der Waals surface area contributed by atoms with Gasteiger partial charge in [-0.1, -0.05) is 16.8 Å². The van der Waals surface area contributed by atoms with E-state index in [1.807, 2.05) is 37.8 Å². The van der Waals surface area contributed by atoms with E-state index in [2.05, 4.69) is 20.5 Å². The molecule has 0 bridgehead atoms. The van der Waals surface area contributed by atoms with E-state index in [4.69, 9.17) is 30.8 Å². The van der Waals surface area contributed by atoms with Crippen molar-refractivity contribution in [2.75, 3.05) is 25.1 Å². The molecule has 0 aliphatic carbocycles. The normalized spacial score (nSPS) is 13.8. The van der Waals surface area contributed by atoms with Crippen LogP contribution in [-0.4, -0.2) is 56.3 Å². The van der Waals surface area contributed by atoms with Crippen molar-refractivity contribution >= 4 is 17.4 Å². The lowest BCUT2D eigenvalue weighted by Gasteiger charge is -2.19. The van der Waals surface area contributed by atoms with Gasteiger partial charge < -0.3 is 24.6 Å². The molecule has 0 amide bonds. The summed E-state index contributed by atoms with van der Waals surface area (Å²) in [6.07, 6.45) is 1.26. The first-order chi connectivity index (χ1) is 17.3. The van der Waals surface area contributed by atoms with Crippen molar-refractivity contribution in [3.63, 3.8) is 0 Å².